The van der Waals surface area contributed by atoms with Gasteiger partial charge in [-0.3, -0.25) is 18.9 Å². The van der Waals surface area contributed by atoms with Gasteiger partial charge >= 0.3 is 0 Å². The van der Waals surface area contributed by atoms with Crippen molar-refractivity contribution < 1.29 is 23.4 Å². The number of rotatable bonds is 4. The van der Waals surface area contributed by atoms with Crippen molar-refractivity contribution in [2.75, 3.05) is 18.5 Å². The van der Waals surface area contributed by atoms with Crippen molar-refractivity contribution in [1.29, 1.82) is 0 Å². The maximum absolute atomic E-state index is 12.8. The summed E-state index contributed by atoms with van der Waals surface area (Å²) >= 11 is 0. The van der Waals surface area contributed by atoms with Crippen LogP contribution in [0.3, 0.4) is 0 Å². The lowest BCUT2D eigenvalue weighted by Gasteiger charge is -2.58. The summed E-state index contributed by atoms with van der Waals surface area (Å²) < 4.78 is 32.7. The molecule has 0 radical (unpaired) electrons. The van der Waals surface area contributed by atoms with Gasteiger partial charge in [0.15, 0.2) is 6.61 Å². The molecule has 0 unspecified atom stereocenters. The molecule has 186 valence electrons. The number of hydrogen-bond donors (Lipinski definition) is 4. The number of carbonyl (C=O) groups is 1. The number of nitrogens with one attached hydrogen (secondary N) is 1. The van der Waals surface area contributed by atoms with Crippen LogP contribution in [0.1, 0.15) is 50.2 Å². The first-order chi connectivity index (χ1) is 16.5. The van der Waals surface area contributed by atoms with E-state index in [2.05, 4.69) is 27.1 Å². The van der Waals surface area contributed by atoms with E-state index in [0.29, 0.717) is 30.0 Å². The Morgan fingerprint density at radius 1 is 1.31 bits per heavy atom. The van der Waals surface area contributed by atoms with Crippen molar-refractivity contribution in [3.8, 4) is 23.5 Å². The lowest BCUT2D eigenvalue weighted by atomic mass is 9.86. The van der Waals surface area contributed by atoms with Crippen molar-refractivity contribution in [1.82, 2.24) is 9.97 Å². The van der Waals surface area contributed by atoms with Gasteiger partial charge in [0, 0.05) is 17.7 Å². The number of fused-ring (bicyclic) bond motifs is 3. The van der Waals surface area contributed by atoms with Gasteiger partial charge < -0.3 is 20.5 Å². The smallest absolute Gasteiger partial charge is 0.275 e. The Labute approximate surface area is 205 Å². The summed E-state index contributed by atoms with van der Waals surface area (Å²) in [6, 6.07) is 5.16. The average Bonchev–Trinajstić information content (AvgIpc) is 2.95. The summed E-state index contributed by atoms with van der Waals surface area (Å²) in [7, 11) is -3.19. The molecule has 0 spiro atoms. The Morgan fingerprint density at radius 3 is 2.77 bits per heavy atom. The molecule has 5 N–H and O–H groups in total. The van der Waals surface area contributed by atoms with Gasteiger partial charge in [-0.15, -0.1) is 5.92 Å². The van der Waals surface area contributed by atoms with Gasteiger partial charge in [-0.2, -0.15) is 10.6 Å². The topological polar surface area (TPSA) is 152 Å². The van der Waals surface area contributed by atoms with E-state index >= 15 is 0 Å². The maximum Gasteiger partial charge on any atom is 0.275 e. The minimum absolute atomic E-state index is 0.102. The first kappa shape index (κ1) is 24.8. The van der Waals surface area contributed by atoms with Crippen LogP contribution in [0, 0.1) is 11.8 Å². The maximum atomic E-state index is 12.8. The molecule has 35 heavy (non-hydrogen) atoms. The third-order valence-corrected chi connectivity index (χ3v) is 9.69. The van der Waals surface area contributed by atoms with E-state index in [1.165, 1.54) is 12.4 Å². The molecule has 2 aliphatic heterocycles. The molecule has 1 aromatic carbocycles. The van der Waals surface area contributed by atoms with Crippen molar-refractivity contribution in [2.45, 2.75) is 49.7 Å². The van der Waals surface area contributed by atoms with Crippen LogP contribution in [-0.2, 0) is 5.54 Å². The molecule has 0 saturated heterocycles. The normalized spacial score (nSPS) is 24.6. The number of amides is 1. The van der Waals surface area contributed by atoms with Gasteiger partial charge in [0.05, 0.1) is 24.3 Å². The molecule has 2 atom stereocenters. The number of anilines is 1. The third-order valence-electron chi connectivity index (χ3n) is 6.49. The summed E-state index contributed by atoms with van der Waals surface area (Å²) in [5, 5.41) is 2.19. The van der Waals surface area contributed by atoms with Crippen molar-refractivity contribution >= 4 is 28.0 Å². The van der Waals surface area contributed by atoms with E-state index in [4.69, 9.17) is 20.2 Å². The summed E-state index contributed by atoms with van der Waals surface area (Å²) in [6.07, 6.45) is 3.07. The van der Waals surface area contributed by atoms with Crippen molar-refractivity contribution in [2.24, 2.45) is 10.7 Å². The summed E-state index contributed by atoms with van der Waals surface area (Å²) in [4.78, 5) is 25.7. The predicted molar refractivity (Wildman–Crippen MR) is 135 cm³/mol. The molecule has 4 rings (SSSR count). The number of ether oxygens (including phenoxy) is 2. The monoisotopic (exact) mass is 499 g/mol. The fourth-order valence-corrected chi connectivity index (χ4v) is 6.57. The van der Waals surface area contributed by atoms with Crippen LogP contribution in [0.25, 0.3) is 0 Å². The SMILES string of the molecule is CC#CCOc1cnc(C(=O)Nc2ccc3c(c2)[C@@]2(C)N=C(N)C(C)(C)S(O)(O)[C@@H]2CCO3)cn1. The number of nitrogens with two attached hydrogens (primary N) is 1. The molecule has 0 saturated carbocycles. The lowest BCUT2D eigenvalue weighted by Crippen LogP contribution is -2.56. The number of hydrogen-bond acceptors (Lipinski definition) is 9. The Hall–Kier alpha value is -3.33. The van der Waals surface area contributed by atoms with Crippen molar-refractivity contribution in [3.63, 3.8) is 0 Å². The third kappa shape index (κ3) is 4.29. The van der Waals surface area contributed by atoms with Gasteiger partial charge in [0.1, 0.15) is 27.6 Å². The molecule has 2 aliphatic rings. The van der Waals surface area contributed by atoms with Gasteiger partial charge in [-0.25, -0.2) is 9.97 Å². The zero-order valence-electron chi connectivity index (χ0n) is 20.0. The Kier molecular flexibility index (Phi) is 6.40. The van der Waals surface area contributed by atoms with Crippen LogP contribution in [0.15, 0.2) is 35.6 Å². The van der Waals surface area contributed by atoms with Crippen LogP contribution in [0.4, 0.5) is 5.69 Å². The summed E-state index contributed by atoms with van der Waals surface area (Å²) in [6.45, 7) is 7.40. The van der Waals surface area contributed by atoms with Gasteiger partial charge in [0.25, 0.3) is 5.91 Å². The average molecular weight is 500 g/mol. The van der Waals surface area contributed by atoms with Crippen LogP contribution < -0.4 is 20.5 Å². The molecule has 0 aliphatic carbocycles. The van der Waals surface area contributed by atoms with E-state index in [9.17, 15) is 13.9 Å². The second-order valence-electron chi connectivity index (χ2n) is 8.99. The highest BCUT2D eigenvalue weighted by atomic mass is 32.3. The molecule has 3 heterocycles. The highest BCUT2D eigenvalue weighted by Gasteiger charge is 2.57. The highest BCUT2D eigenvalue weighted by Crippen LogP contribution is 2.66. The number of aromatic nitrogens is 2. The standard InChI is InChI=1S/C24H29N5O5S/c1-5-6-10-34-20-14-26-17(13-27-20)21(30)28-15-7-8-18-16(12-15)24(4)19(9-11-33-18)35(31,32)23(2,3)22(25)29-24/h7-8,12-14,19,31-32H,9-11H2,1-4H3,(H2,25,29)(H,28,30)/t19-,24-/m1/s1. The minimum Gasteiger partial charge on any atom is -0.493 e. The molecule has 11 heteroatoms. The van der Waals surface area contributed by atoms with Gasteiger partial charge in [-0.1, -0.05) is 5.92 Å². The Morgan fingerprint density at radius 2 is 2.09 bits per heavy atom. The molecule has 10 nitrogen and oxygen atoms in total. The zero-order chi connectivity index (χ0) is 25.4. The fourth-order valence-electron chi connectivity index (χ4n) is 4.26. The van der Waals surface area contributed by atoms with Crippen LogP contribution in [0.5, 0.6) is 11.6 Å². The van der Waals surface area contributed by atoms with E-state index in [1.807, 2.05) is 6.92 Å². The first-order valence-electron chi connectivity index (χ1n) is 11.1. The fraction of sp³-hybridized carbons (Fsp3) is 0.417. The predicted octanol–water partition coefficient (Wildman–Crippen LogP) is 3.40. The largest absolute Gasteiger partial charge is 0.493 e. The molecular weight excluding hydrogens is 470 g/mol. The van der Waals surface area contributed by atoms with Crippen LogP contribution >= 0.6 is 10.6 Å². The number of amidine groups is 1. The Balaban J connectivity index is 1.63. The molecule has 1 aromatic heterocycles. The number of benzene rings is 1. The first-order valence-corrected chi connectivity index (χ1v) is 12.7. The van der Waals surface area contributed by atoms with Crippen LogP contribution in [0.2, 0.25) is 0 Å². The van der Waals surface area contributed by atoms with Gasteiger partial charge in [-0.05, 0) is 45.9 Å². The van der Waals surface area contributed by atoms with E-state index in [1.54, 1.807) is 39.0 Å². The molecule has 1 amide bonds. The summed E-state index contributed by atoms with van der Waals surface area (Å²) in [5.41, 5.74) is 6.37. The molecule has 0 fully saturated rings. The van der Waals surface area contributed by atoms with Gasteiger partial charge in [0.2, 0.25) is 5.88 Å². The zero-order valence-corrected chi connectivity index (χ0v) is 20.8. The number of nitrogens with zero attached hydrogens (tertiary/aromatic N) is 3. The number of carbonyl (C=O) groups excluding carboxylic acids is 1. The molecule has 2 aromatic rings. The second-order valence-corrected chi connectivity index (χ2v) is 11.8. The quantitative estimate of drug-likeness (QED) is 0.467. The van der Waals surface area contributed by atoms with Crippen LogP contribution in [-0.4, -0.2) is 54.0 Å². The lowest BCUT2D eigenvalue weighted by molar-refractivity contribution is 0.102. The molecular formula is C24H29N5O5S. The highest BCUT2D eigenvalue weighted by molar-refractivity contribution is 8.26. The Bertz CT molecular complexity index is 1240. The minimum atomic E-state index is -3.19. The van der Waals surface area contributed by atoms with Crippen molar-refractivity contribution in [3.05, 3.63) is 41.9 Å². The van der Waals surface area contributed by atoms with E-state index in [-0.39, 0.29) is 24.0 Å². The summed E-state index contributed by atoms with van der Waals surface area (Å²) in [5.74, 6) is 5.98. The van der Waals surface area contributed by atoms with E-state index in [0.717, 1.165) is 0 Å². The van der Waals surface area contributed by atoms with E-state index < -0.39 is 32.0 Å². The molecule has 0 bridgehead atoms. The number of aliphatic imine (C=N–C) groups is 1. The second kappa shape index (κ2) is 9.03.